The number of halogens is 5. The van der Waals surface area contributed by atoms with Gasteiger partial charge in [-0.05, 0) is 54.3 Å². The minimum absolute atomic E-state index is 0.0227. The number of carbonyl (C=O) groups is 3. The molecule has 1 saturated heterocycles. The Labute approximate surface area is 184 Å². The van der Waals surface area contributed by atoms with E-state index in [9.17, 15) is 31.9 Å². The van der Waals surface area contributed by atoms with Crippen molar-refractivity contribution in [1.82, 2.24) is 16.0 Å². The van der Waals surface area contributed by atoms with Gasteiger partial charge in [0.15, 0.2) is 5.54 Å². The Morgan fingerprint density at radius 1 is 1.09 bits per heavy atom. The molecule has 2 fully saturated rings. The molecule has 0 unspecified atom stereocenters. The van der Waals surface area contributed by atoms with Gasteiger partial charge in [0.1, 0.15) is 5.82 Å². The van der Waals surface area contributed by atoms with Gasteiger partial charge in [-0.15, -0.1) is 11.6 Å². The van der Waals surface area contributed by atoms with Gasteiger partial charge in [-0.1, -0.05) is 12.1 Å². The fourth-order valence-electron chi connectivity index (χ4n) is 3.73. The third-order valence-corrected chi connectivity index (χ3v) is 6.36. The van der Waals surface area contributed by atoms with Gasteiger partial charge < -0.3 is 10.6 Å². The number of nitrogens with one attached hydrogen (secondary N) is 3. The second-order valence-electron chi connectivity index (χ2n) is 7.73. The zero-order valence-electron chi connectivity index (χ0n) is 16.3. The number of carbonyl (C=O) groups excluding carboxylic acids is 3. The molecule has 6 nitrogen and oxygen atoms in total. The van der Waals surface area contributed by atoms with Crippen LogP contribution in [0, 0.1) is 5.82 Å². The smallest absolute Gasteiger partial charge is 0.349 e. The Morgan fingerprint density at radius 3 is 2.28 bits per heavy atom. The highest BCUT2D eigenvalue weighted by Crippen LogP contribution is 2.51. The van der Waals surface area contributed by atoms with Crippen molar-refractivity contribution in [2.24, 2.45) is 0 Å². The van der Waals surface area contributed by atoms with Gasteiger partial charge in [0.25, 0.3) is 11.8 Å². The number of amides is 4. The van der Waals surface area contributed by atoms with Crippen LogP contribution in [0.15, 0.2) is 42.5 Å². The van der Waals surface area contributed by atoms with Crippen molar-refractivity contribution < 1.29 is 31.9 Å². The molecular formula is C21H16ClF4N3O3. The van der Waals surface area contributed by atoms with Crippen molar-refractivity contribution >= 4 is 29.4 Å². The van der Waals surface area contributed by atoms with Crippen molar-refractivity contribution in [3.63, 3.8) is 0 Å². The van der Waals surface area contributed by atoms with Crippen LogP contribution in [0.1, 0.15) is 28.8 Å². The van der Waals surface area contributed by atoms with Crippen molar-refractivity contribution in [1.29, 1.82) is 0 Å². The molecule has 1 saturated carbocycles. The highest BCUT2D eigenvalue weighted by atomic mass is 35.5. The van der Waals surface area contributed by atoms with Crippen LogP contribution in [0.3, 0.4) is 0 Å². The molecule has 1 aliphatic heterocycles. The molecule has 0 spiro atoms. The van der Waals surface area contributed by atoms with Gasteiger partial charge in [0.05, 0.1) is 17.0 Å². The second kappa shape index (κ2) is 7.47. The molecule has 2 aromatic rings. The molecule has 3 N–H and O–H groups in total. The predicted octanol–water partition coefficient (Wildman–Crippen LogP) is 3.59. The van der Waals surface area contributed by atoms with E-state index in [0.717, 1.165) is 36.4 Å². The van der Waals surface area contributed by atoms with Crippen molar-refractivity contribution in [3.8, 4) is 11.1 Å². The second-order valence-corrected chi connectivity index (χ2v) is 8.45. The number of imide groups is 1. The Kier molecular flexibility index (Phi) is 5.15. The number of benzene rings is 2. The normalized spacial score (nSPS) is 21.7. The molecule has 11 heteroatoms. The minimum atomic E-state index is -4.54. The molecule has 32 heavy (non-hydrogen) atoms. The summed E-state index contributed by atoms with van der Waals surface area (Å²) in [7, 11) is 0. The summed E-state index contributed by atoms with van der Waals surface area (Å²) in [5, 5.41) is 7.15. The predicted molar refractivity (Wildman–Crippen MR) is 106 cm³/mol. The standard InChI is InChI=1S/C21H16ClF4N3O3/c22-19(7-8-19)20(17(31)28-18(32)29-20)10-27-16(30)14-6-5-13(23)9-15(14)11-1-3-12(4-2-11)21(24,25)26/h1-6,9H,7-8,10H2,(H,27,30)(H2,28,29,31,32)/t20-/m1/s1. The Hall–Kier alpha value is -3.14. The van der Waals surface area contributed by atoms with E-state index in [2.05, 4.69) is 16.0 Å². The maximum absolute atomic E-state index is 13.9. The number of rotatable bonds is 5. The number of urea groups is 1. The lowest BCUT2D eigenvalue weighted by Gasteiger charge is -2.31. The first-order valence-corrected chi connectivity index (χ1v) is 9.91. The van der Waals surface area contributed by atoms with Crippen LogP contribution < -0.4 is 16.0 Å². The highest BCUT2D eigenvalue weighted by molar-refractivity contribution is 6.30. The molecule has 1 aliphatic carbocycles. The summed E-state index contributed by atoms with van der Waals surface area (Å²) in [6.45, 7) is -0.323. The minimum Gasteiger partial charge on any atom is -0.349 e. The molecule has 0 bridgehead atoms. The highest BCUT2D eigenvalue weighted by Gasteiger charge is 2.66. The Bertz CT molecular complexity index is 1120. The fourth-order valence-corrected chi connectivity index (χ4v) is 4.02. The molecule has 0 aromatic heterocycles. The van der Waals surface area contributed by atoms with E-state index in [0.29, 0.717) is 12.8 Å². The van der Waals surface area contributed by atoms with Crippen LogP contribution in [-0.2, 0) is 11.0 Å². The number of hydrogen-bond acceptors (Lipinski definition) is 3. The van der Waals surface area contributed by atoms with Gasteiger partial charge in [-0.3, -0.25) is 14.9 Å². The van der Waals surface area contributed by atoms with Crippen LogP contribution in [0.4, 0.5) is 22.4 Å². The van der Waals surface area contributed by atoms with E-state index in [1.807, 2.05) is 0 Å². The summed E-state index contributed by atoms with van der Waals surface area (Å²) in [5.41, 5.74) is -2.19. The summed E-state index contributed by atoms with van der Waals surface area (Å²) in [6.07, 6.45) is -3.64. The molecule has 4 amide bonds. The lowest BCUT2D eigenvalue weighted by molar-refractivity contribution is -0.137. The topological polar surface area (TPSA) is 87.3 Å². The Balaban J connectivity index is 1.61. The van der Waals surface area contributed by atoms with Crippen molar-refractivity contribution in [3.05, 3.63) is 59.4 Å². The summed E-state index contributed by atoms with van der Waals surface area (Å²) in [4.78, 5) is 36.0. The summed E-state index contributed by atoms with van der Waals surface area (Å²) in [5.74, 6) is -2.07. The largest absolute Gasteiger partial charge is 0.416 e. The van der Waals surface area contributed by atoms with E-state index >= 15 is 0 Å². The third-order valence-electron chi connectivity index (χ3n) is 5.66. The van der Waals surface area contributed by atoms with Gasteiger partial charge in [-0.2, -0.15) is 13.2 Å². The zero-order valence-corrected chi connectivity index (χ0v) is 17.0. The van der Waals surface area contributed by atoms with Gasteiger partial charge in [-0.25, -0.2) is 9.18 Å². The van der Waals surface area contributed by atoms with Crippen LogP contribution in [0.2, 0.25) is 0 Å². The quantitative estimate of drug-likeness (QED) is 0.355. The molecule has 4 rings (SSSR count). The molecule has 0 radical (unpaired) electrons. The maximum Gasteiger partial charge on any atom is 0.416 e. The average Bonchev–Trinajstić information content (AvgIpc) is 3.41. The van der Waals surface area contributed by atoms with E-state index in [-0.39, 0.29) is 23.2 Å². The fraction of sp³-hybridized carbons (Fsp3) is 0.286. The van der Waals surface area contributed by atoms with Crippen LogP contribution in [-0.4, -0.2) is 34.8 Å². The lowest BCUT2D eigenvalue weighted by Crippen LogP contribution is -2.62. The van der Waals surface area contributed by atoms with Gasteiger partial charge in [0.2, 0.25) is 0 Å². The van der Waals surface area contributed by atoms with Gasteiger partial charge >= 0.3 is 12.2 Å². The summed E-state index contributed by atoms with van der Waals surface area (Å²) >= 11 is 6.43. The molecule has 1 atom stereocenters. The van der Waals surface area contributed by atoms with E-state index in [1.165, 1.54) is 6.07 Å². The first kappa shape index (κ1) is 22.1. The van der Waals surface area contributed by atoms with E-state index in [1.54, 1.807) is 0 Å². The monoisotopic (exact) mass is 469 g/mol. The summed E-state index contributed by atoms with van der Waals surface area (Å²) < 4.78 is 52.4. The lowest BCUT2D eigenvalue weighted by atomic mass is 9.92. The molecule has 168 valence electrons. The van der Waals surface area contributed by atoms with Crippen LogP contribution >= 0.6 is 11.6 Å². The van der Waals surface area contributed by atoms with E-state index in [4.69, 9.17) is 11.6 Å². The Morgan fingerprint density at radius 2 is 1.75 bits per heavy atom. The summed E-state index contributed by atoms with van der Waals surface area (Å²) in [6, 6.07) is 6.46. The van der Waals surface area contributed by atoms with Gasteiger partial charge in [0, 0.05) is 5.56 Å². The third kappa shape index (κ3) is 3.79. The first-order valence-electron chi connectivity index (χ1n) is 9.53. The van der Waals surface area contributed by atoms with Crippen molar-refractivity contribution in [2.75, 3.05) is 6.54 Å². The SMILES string of the molecule is O=C1NC(=O)[C@](CNC(=O)c2ccc(F)cc2-c2ccc(C(F)(F)F)cc2)(C2(Cl)CC2)N1. The first-order chi connectivity index (χ1) is 14.9. The van der Waals surface area contributed by atoms with Crippen molar-refractivity contribution in [2.45, 2.75) is 29.4 Å². The van der Waals surface area contributed by atoms with Crippen LogP contribution in [0.25, 0.3) is 11.1 Å². The number of alkyl halides is 4. The van der Waals surface area contributed by atoms with E-state index < -0.39 is 45.8 Å². The maximum atomic E-state index is 13.9. The molecule has 1 heterocycles. The molecule has 2 aliphatic rings. The molecule has 2 aromatic carbocycles. The molecular weight excluding hydrogens is 454 g/mol. The van der Waals surface area contributed by atoms with Crippen LogP contribution in [0.5, 0.6) is 0 Å². The number of hydrogen-bond donors (Lipinski definition) is 3. The zero-order chi connectivity index (χ0) is 23.3. The average molecular weight is 470 g/mol.